The fourth-order valence-corrected chi connectivity index (χ4v) is 2.71. The van der Waals surface area contributed by atoms with Crippen molar-refractivity contribution in [1.29, 1.82) is 0 Å². The lowest BCUT2D eigenvalue weighted by Crippen LogP contribution is -1.95. The van der Waals surface area contributed by atoms with Gasteiger partial charge in [0.2, 0.25) is 0 Å². The van der Waals surface area contributed by atoms with E-state index < -0.39 is 11.6 Å². The Bertz CT molecular complexity index is 731. The second kappa shape index (κ2) is 4.55. The van der Waals surface area contributed by atoms with Gasteiger partial charge in [-0.3, -0.25) is 4.40 Å². The number of hydrogen-bond donors (Lipinski definition) is 1. The summed E-state index contributed by atoms with van der Waals surface area (Å²) in [6.45, 7) is 0. The summed E-state index contributed by atoms with van der Waals surface area (Å²) in [6.07, 6.45) is 3.37. The molecular weight excluding hydrogens is 268 g/mol. The van der Waals surface area contributed by atoms with Crippen LogP contribution in [0.4, 0.5) is 14.5 Å². The lowest BCUT2D eigenvalue weighted by atomic mass is 10.3. The second-order valence-corrected chi connectivity index (χ2v) is 4.97. The van der Waals surface area contributed by atoms with Crippen molar-refractivity contribution in [2.45, 2.75) is 9.92 Å². The molecule has 2 N–H and O–H groups in total. The highest BCUT2D eigenvalue weighted by atomic mass is 32.2. The number of nitrogens with two attached hydrogens (primary N) is 1. The van der Waals surface area contributed by atoms with Crippen molar-refractivity contribution in [1.82, 2.24) is 9.38 Å². The van der Waals surface area contributed by atoms with Crippen LogP contribution in [0.1, 0.15) is 0 Å². The number of rotatable bonds is 2. The van der Waals surface area contributed by atoms with E-state index in [1.54, 1.807) is 28.9 Å². The highest BCUT2D eigenvalue weighted by molar-refractivity contribution is 7.99. The Balaban J connectivity index is 2.09. The minimum atomic E-state index is -0.667. The fraction of sp³-hybridized carbons (Fsp3) is 0. The van der Waals surface area contributed by atoms with E-state index >= 15 is 0 Å². The average Bonchev–Trinajstić information content (AvgIpc) is 2.82. The fourth-order valence-electron chi connectivity index (χ4n) is 1.79. The van der Waals surface area contributed by atoms with Crippen LogP contribution >= 0.6 is 11.8 Å². The molecule has 0 atom stereocenters. The SMILES string of the molecule is Nc1cc(F)c(Sc2cccc3nccn23)c(F)c1. The maximum Gasteiger partial charge on any atom is 0.142 e. The number of anilines is 1. The molecule has 0 aliphatic rings. The van der Waals surface area contributed by atoms with Gasteiger partial charge in [0.15, 0.2) is 0 Å². The first-order valence-electron chi connectivity index (χ1n) is 5.49. The largest absolute Gasteiger partial charge is 0.399 e. The third-order valence-electron chi connectivity index (χ3n) is 2.62. The summed E-state index contributed by atoms with van der Waals surface area (Å²) in [4.78, 5) is 4.05. The molecule has 0 saturated heterocycles. The first-order chi connectivity index (χ1) is 9.15. The second-order valence-electron chi connectivity index (χ2n) is 3.94. The van der Waals surface area contributed by atoms with E-state index in [1.807, 2.05) is 6.07 Å². The van der Waals surface area contributed by atoms with Crippen molar-refractivity contribution >= 4 is 23.1 Å². The van der Waals surface area contributed by atoms with Crippen LogP contribution < -0.4 is 5.73 Å². The van der Waals surface area contributed by atoms with Gasteiger partial charge in [0, 0.05) is 18.1 Å². The summed E-state index contributed by atoms with van der Waals surface area (Å²) in [5.74, 6) is -1.33. The minimum absolute atomic E-state index is 0.0696. The molecule has 6 heteroatoms. The number of nitrogens with zero attached hydrogens (tertiary/aromatic N) is 2. The predicted molar refractivity (Wildman–Crippen MR) is 70.1 cm³/mol. The third kappa shape index (κ3) is 2.15. The zero-order valence-electron chi connectivity index (χ0n) is 9.68. The first-order valence-corrected chi connectivity index (χ1v) is 6.31. The molecule has 0 amide bonds. The summed E-state index contributed by atoms with van der Waals surface area (Å²) >= 11 is 1.00. The number of nitrogen functional groups attached to an aromatic ring is 1. The first kappa shape index (κ1) is 12.0. The van der Waals surface area contributed by atoms with Crippen molar-refractivity contribution in [3.63, 3.8) is 0 Å². The maximum absolute atomic E-state index is 13.8. The molecule has 0 aliphatic heterocycles. The summed E-state index contributed by atoms with van der Waals surface area (Å²) in [7, 11) is 0. The molecule has 0 radical (unpaired) electrons. The van der Waals surface area contributed by atoms with E-state index in [1.165, 1.54) is 0 Å². The maximum atomic E-state index is 13.8. The lowest BCUT2D eigenvalue weighted by Gasteiger charge is -2.07. The van der Waals surface area contributed by atoms with E-state index in [9.17, 15) is 8.78 Å². The van der Waals surface area contributed by atoms with Gasteiger partial charge in [-0.15, -0.1) is 0 Å². The number of benzene rings is 1. The number of aromatic nitrogens is 2. The number of fused-ring (bicyclic) bond motifs is 1. The van der Waals surface area contributed by atoms with Gasteiger partial charge < -0.3 is 5.73 Å². The molecule has 96 valence electrons. The van der Waals surface area contributed by atoms with Crippen molar-refractivity contribution in [3.05, 3.63) is 54.4 Å². The Labute approximate surface area is 112 Å². The van der Waals surface area contributed by atoms with Crippen LogP contribution in [0.5, 0.6) is 0 Å². The van der Waals surface area contributed by atoms with Crippen LogP contribution in [-0.2, 0) is 0 Å². The molecule has 0 aliphatic carbocycles. The molecule has 3 nitrogen and oxygen atoms in total. The molecule has 19 heavy (non-hydrogen) atoms. The van der Waals surface area contributed by atoms with E-state index in [0.29, 0.717) is 5.03 Å². The monoisotopic (exact) mass is 277 g/mol. The average molecular weight is 277 g/mol. The smallest absolute Gasteiger partial charge is 0.142 e. The van der Waals surface area contributed by atoms with Gasteiger partial charge in [0.05, 0.1) is 9.92 Å². The minimum Gasteiger partial charge on any atom is -0.399 e. The van der Waals surface area contributed by atoms with E-state index in [4.69, 9.17) is 5.73 Å². The highest BCUT2D eigenvalue weighted by Gasteiger charge is 2.13. The number of imidazole rings is 1. The van der Waals surface area contributed by atoms with Gasteiger partial charge in [-0.05, 0) is 24.3 Å². The summed E-state index contributed by atoms with van der Waals surface area (Å²) in [6, 6.07) is 7.60. The van der Waals surface area contributed by atoms with E-state index in [-0.39, 0.29) is 10.6 Å². The molecule has 0 bridgehead atoms. The Morgan fingerprint density at radius 2 is 1.89 bits per heavy atom. The van der Waals surface area contributed by atoms with Crippen LogP contribution in [-0.4, -0.2) is 9.38 Å². The Morgan fingerprint density at radius 1 is 1.16 bits per heavy atom. The molecule has 3 aromatic rings. The van der Waals surface area contributed by atoms with Crippen LogP contribution in [0.15, 0.2) is 52.6 Å². The van der Waals surface area contributed by atoms with Gasteiger partial charge in [-0.25, -0.2) is 13.8 Å². The van der Waals surface area contributed by atoms with Gasteiger partial charge in [0.1, 0.15) is 17.3 Å². The summed E-state index contributed by atoms with van der Waals surface area (Å²) < 4.78 is 29.3. The Kier molecular flexibility index (Phi) is 2.87. The quantitative estimate of drug-likeness (QED) is 0.730. The van der Waals surface area contributed by atoms with Gasteiger partial charge in [0.25, 0.3) is 0 Å². The van der Waals surface area contributed by atoms with Crippen molar-refractivity contribution in [2.75, 3.05) is 5.73 Å². The van der Waals surface area contributed by atoms with E-state index in [2.05, 4.69) is 4.98 Å². The number of pyridine rings is 1. The molecule has 2 heterocycles. The topological polar surface area (TPSA) is 43.3 Å². The van der Waals surface area contributed by atoms with Crippen molar-refractivity contribution in [2.24, 2.45) is 0 Å². The van der Waals surface area contributed by atoms with Crippen molar-refractivity contribution < 1.29 is 8.78 Å². The zero-order chi connectivity index (χ0) is 13.4. The molecule has 0 fully saturated rings. The molecule has 0 unspecified atom stereocenters. The summed E-state index contributed by atoms with van der Waals surface area (Å²) in [5, 5.41) is 0.678. The summed E-state index contributed by atoms with van der Waals surface area (Å²) in [5.41, 5.74) is 6.18. The normalized spacial score (nSPS) is 11.1. The Hall–Kier alpha value is -2.08. The predicted octanol–water partition coefficient (Wildman–Crippen LogP) is 3.35. The molecule has 1 aromatic carbocycles. The highest BCUT2D eigenvalue weighted by Crippen LogP contribution is 2.33. The third-order valence-corrected chi connectivity index (χ3v) is 3.75. The number of halogens is 2. The zero-order valence-corrected chi connectivity index (χ0v) is 10.5. The lowest BCUT2D eigenvalue weighted by molar-refractivity contribution is 0.541. The van der Waals surface area contributed by atoms with Crippen LogP contribution in [0.3, 0.4) is 0 Å². The number of hydrogen-bond acceptors (Lipinski definition) is 3. The van der Waals surface area contributed by atoms with Gasteiger partial charge in [-0.2, -0.15) is 0 Å². The standard InChI is InChI=1S/C13H9F2N3S/c14-9-6-8(16)7-10(15)13(9)19-12-3-1-2-11-17-4-5-18(11)12/h1-7H,16H2. The van der Waals surface area contributed by atoms with Crippen molar-refractivity contribution in [3.8, 4) is 0 Å². The molecule has 2 aromatic heterocycles. The molecule has 0 spiro atoms. The Morgan fingerprint density at radius 3 is 2.63 bits per heavy atom. The van der Waals surface area contributed by atoms with Gasteiger partial charge in [-0.1, -0.05) is 17.8 Å². The van der Waals surface area contributed by atoms with Crippen LogP contribution in [0.25, 0.3) is 5.65 Å². The van der Waals surface area contributed by atoms with Crippen LogP contribution in [0.2, 0.25) is 0 Å². The van der Waals surface area contributed by atoms with E-state index in [0.717, 1.165) is 29.5 Å². The molecule has 3 rings (SSSR count). The van der Waals surface area contributed by atoms with Gasteiger partial charge >= 0.3 is 0 Å². The van der Waals surface area contributed by atoms with Crippen LogP contribution in [0, 0.1) is 11.6 Å². The molecular formula is C13H9F2N3S. The molecule has 0 saturated carbocycles.